The fourth-order valence-electron chi connectivity index (χ4n) is 0.139. The fourth-order valence-corrected chi connectivity index (χ4v) is 1.25. The van der Waals surface area contributed by atoms with E-state index in [4.69, 9.17) is 33.6 Å². The van der Waals surface area contributed by atoms with Gasteiger partial charge in [0.1, 0.15) is 0 Å². The second-order valence-electron chi connectivity index (χ2n) is 1.35. The molecule has 19 heteroatoms. The Morgan fingerprint density at radius 3 is 0.947 bits per heavy atom. The number of phosphoric acid groups is 2. The van der Waals surface area contributed by atoms with Gasteiger partial charge in [-0.05, 0) is 0 Å². The molecule has 94 valence electrons. The third-order valence-electron chi connectivity index (χ3n) is 0.213. The molecule has 0 aliphatic rings. The first-order valence-electron chi connectivity index (χ1n) is 2.18. The fraction of sp³-hybridized carbons (Fsp3) is 0. The molecule has 0 saturated carbocycles. The molecular formula is H13LiMgNa4O10P2Si. The molecule has 0 aromatic heterocycles. The summed E-state index contributed by atoms with van der Waals surface area (Å²) in [7, 11) is -13.2. The van der Waals surface area contributed by atoms with Gasteiger partial charge in [-0.3, -0.25) is 4.46 Å². The van der Waals surface area contributed by atoms with Gasteiger partial charge < -0.3 is 39.2 Å². The third-order valence-corrected chi connectivity index (χ3v) is 1.91. The molecule has 10 nitrogen and oxygen atoms in total. The van der Waals surface area contributed by atoms with Gasteiger partial charge in [0.2, 0.25) is 0 Å². The molecule has 0 fully saturated rings. The maximum atomic E-state index is 9.63. The van der Waals surface area contributed by atoms with Crippen molar-refractivity contribution in [3.63, 3.8) is 0 Å². The van der Waals surface area contributed by atoms with Gasteiger partial charge in [-0.1, -0.05) is 0 Å². The summed E-state index contributed by atoms with van der Waals surface area (Å²) in [5, 5.41) is 0. The molecule has 0 unspecified atom stereocenters. The molecule has 0 amide bonds. The van der Waals surface area contributed by atoms with Gasteiger partial charge in [0.15, 0.2) is 0 Å². The number of hydrogen-bond donors (Lipinski definition) is 6. The maximum absolute atomic E-state index is 9.63. The average Bonchev–Trinajstić information content (AvgIpc) is 1.47. The van der Waals surface area contributed by atoms with Crippen molar-refractivity contribution in [3.05, 3.63) is 0 Å². The van der Waals surface area contributed by atoms with Gasteiger partial charge in [0, 0.05) is 0 Å². The van der Waals surface area contributed by atoms with E-state index in [-0.39, 0.29) is 170 Å². The summed E-state index contributed by atoms with van der Waals surface area (Å²) in [4.78, 5) is 45.3. The van der Waals surface area contributed by atoms with Crippen molar-refractivity contribution < 1.29 is 194 Å². The molecule has 0 saturated heterocycles. The summed E-state index contributed by atoms with van der Waals surface area (Å²) in [6.07, 6.45) is 0. The van der Waals surface area contributed by atoms with Crippen LogP contribution in [0, 0.1) is 0 Å². The van der Waals surface area contributed by atoms with Crippen LogP contribution in [-0.4, -0.2) is 61.4 Å². The summed E-state index contributed by atoms with van der Waals surface area (Å²) in [6, 6.07) is 0. The van der Waals surface area contributed by atoms with E-state index in [1.165, 1.54) is 0 Å². The topological polar surface area (TPSA) is 182 Å². The SMILES string of the molecule is O=P(O)(O)OP(=O)(O)O.O=[Si](O)O.[H-].[H-].[H-].[H-].[H-].[H-].[H-].[Li+].[Mg+2].[Na+].[Na+].[Na+].[Na+]. The maximum Gasteiger partial charge on any atom is 2.00 e. The molecule has 6 N–H and O–H groups in total. The molecule has 0 atom stereocenters. The van der Waals surface area contributed by atoms with Crippen LogP contribution < -0.4 is 137 Å². The Labute approximate surface area is 237 Å². The van der Waals surface area contributed by atoms with Crippen molar-refractivity contribution in [2.24, 2.45) is 0 Å². The van der Waals surface area contributed by atoms with Gasteiger partial charge in [-0.25, -0.2) is 9.13 Å². The molecule has 0 aliphatic heterocycles. The van der Waals surface area contributed by atoms with Gasteiger partial charge in [-0.2, -0.15) is 4.31 Å². The Bertz CT molecular complexity index is 264. The van der Waals surface area contributed by atoms with Crippen LogP contribution in [0.2, 0.25) is 0 Å². The van der Waals surface area contributed by atoms with E-state index in [9.17, 15) is 9.13 Å². The molecule has 0 aromatic rings. The zero-order chi connectivity index (χ0) is 11.3. The van der Waals surface area contributed by atoms with E-state index in [1.807, 2.05) is 0 Å². The normalized spacial score (nSPS) is 7.79. The summed E-state index contributed by atoms with van der Waals surface area (Å²) in [5.41, 5.74) is 0. The van der Waals surface area contributed by atoms with Crippen molar-refractivity contribution >= 4 is 47.9 Å². The van der Waals surface area contributed by atoms with Crippen molar-refractivity contribution in [3.8, 4) is 0 Å². The Hall–Kier alpha value is 5.24. The van der Waals surface area contributed by atoms with Crippen molar-refractivity contribution in [1.82, 2.24) is 0 Å². The number of hydrogen-bond acceptors (Lipinski definition) is 4. The van der Waals surface area contributed by atoms with Gasteiger partial charge in [0.25, 0.3) is 0 Å². The third kappa shape index (κ3) is 83.0. The second-order valence-corrected chi connectivity index (χ2v) is 4.53. The van der Waals surface area contributed by atoms with Gasteiger partial charge >= 0.3 is 185 Å². The van der Waals surface area contributed by atoms with Gasteiger partial charge in [-0.15, -0.1) is 0 Å². The largest absolute Gasteiger partial charge is 2.00 e. The zero-order valence-electron chi connectivity index (χ0n) is 18.4. The van der Waals surface area contributed by atoms with E-state index in [0.717, 1.165) is 0 Å². The Kier molecular flexibility index (Phi) is 66.6. The molecule has 0 rings (SSSR count). The van der Waals surface area contributed by atoms with Crippen molar-refractivity contribution in [2.75, 3.05) is 0 Å². The summed E-state index contributed by atoms with van der Waals surface area (Å²) >= 11 is 0. The zero-order valence-corrected chi connectivity index (χ0v) is 23.6. The number of rotatable bonds is 2. The van der Waals surface area contributed by atoms with Crippen LogP contribution >= 0.6 is 15.6 Å². The first-order valence-corrected chi connectivity index (χ1v) is 6.54. The predicted octanol–water partition coefficient (Wildman–Crippen LogP) is -17.0. The summed E-state index contributed by atoms with van der Waals surface area (Å²) in [6.45, 7) is 0. The van der Waals surface area contributed by atoms with Crippen molar-refractivity contribution in [2.45, 2.75) is 0 Å². The molecule has 0 radical (unpaired) electrons. The molecule has 0 aromatic carbocycles. The van der Waals surface area contributed by atoms with Crippen LogP contribution in [0.5, 0.6) is 0 Å². The average molecular weight is 386 g/mol. The Morgan fingerprint density at radius 1 is 0.842 bits per heavy atom. The van der Waals surface area contributed by atoms with Gasteiger partial charge in [0.05, 0.1) is 0 Å². The smallest absolute Gasteiger partial charge is 1.00 e. The molecule has 0 aliphatic carbocycles. The van der Waals surface area contributed by atoms with E-state index >= 15 is 0 Å². The Balaban J connectivity index is -0.00000000514. The molecular weight excluding hydrogens is 373 g/mol. The van der Waals surface area contributed by atoms with E-state index < -0.39 is 24.8 Å². The summed E-state index contributed by atoms with van der Waals surface area (Å²) < 4.78 is 31.0. The molecule has 0 bridgehead atoms. The van der Waals surface area contributed by atoms with Crippen LogP contribution in [0.3, 0.4) is 0 Å². The van der Waals surface area contributed by atoms with E-state index in [0.29, 0.717) is 0 Å². The van der Waals surface area contributed by atoms with E-state index in [1.54, 1.807) is 0 Å². The second kappa shape index (κ2) is 25.5. The minimum absolute atomic E-state index is 0. The summed E-state index contributed by atoms with van der Waals surface area (Å²) in [5.74, 6) is 0. The van der Waals surface area contributed by atoms with Crippen molar-refractivity contribution in [1.29, 1.82) is 0 Å². The first-order chi connectivity index (χ1) is 5.44. The van der Waals surface area contributed by atoms with Crippen LogP contribution in [0.1, 0.15) is 9.99 Å². The van der Waals surface area contributed by atoms with Crippen LogP contribution in [0.25, 0.3) is 0 Å². The Morgan fingerprint density at radius 2 is 0.947 bits per heavy atom. The first kappa shape index (κ1) is 49.6. The monoisotopic (exact) mass is 386 g/mol. The van der Waals surface area contributed by atoms with Crippen LogP contribution in [0.15, 0.2) is 0 Å². The standard InChI is InChI=1S/Li.Mg.4Na.H4O7P2.H2O3Si.7H/c;;;;;;1-8(2,3)7-9(4,5)6;1-4(2)3;;;;;;;/h;;;;;;(H2,1,2,3)(H2,4,5,6);1-2H;;;;;;;/q+1;+2;4*+1;;;7*-1. The molecule has 0 spiro atoms. The van der Waals surface area contributed by atoms with Crippen LogP contribution in [-0.2, 0) is 17.9 Å². The minimum Gasteiger partial charge on any atom is -1.00 e. The van der Waals surface area contributed by atoms with E-state index in [2.05, 4.69) is 4.31 Å². The van der Waals surface area contributed by atoms with Crippen LogP contribution in [0.4, 0.5) is 0 Å². The molecule has 0 heterocycles. The molecule has 19 heavy (non-hydrogen) atoms. The minimum atomic E-state index is -5.05. The predicted molar refractivity (Wildman–Crippen MR) is 49.6 cm³/mol. The quantitative estimate of drug-likeness (QED) is 0.197.